The number of hydrogen-bond donors (Lipinski definition) is 0. The second-order valence-electron chi connectivity index (χ2n) is 8.47. The lowest BCUT2D eigenvalue weighted by Gasteiger charge is -2.49. The molecule has 6 nitrogen and oxygen atoms in total. The summed E-state index contributed by atoms with van der Waals surface area (Å²) in [5, 5.41) is 1.19. The second-order valence-corrected chi connectivity index (χ2v) is 8.47. The summed E-state index contributed by atoms with van der Waals surface area (Å²) in [6, 6.07) is 16.2. The van der Waals surface area contributed by atoms with E-state index in [9.17, 15) is 4.79 Å². The van der Waals surface area contributed by atoms with Crippen molar-refractivity contribution >= 4 is 22.6 Å². The summed E-state index contributed by atoms with van der Waals surface area (Å²) in [4.78, 5) is 21.7. The van der Waals surface area contributed by atoms with Crippen molar-refractivity contribution in [1.82, 2.24) is 14.5 Å². The number of ether oxygens (including phenoxy) is 1. The number of amides is 1. The number of morpholine rings is 1. The summed E-state index contributed by atoms with van der Waals surface area (Å²) < 4.78 is 8.53. The molecule has 156 valence electrons. The maximum atomic E-state index is 12.7. The van der Waals surface area contributed by atoms with Gasteiger partial charge in [0.2, 0.25) is 0 Å². The molecule has 1 amide bonds. The standard InChI is InChI=1S/C24H28N4O2/c1-19-23(29)28(21-7-3-2-4-8-21)18-24(30-19)10-14-26(15-11-24)16-17-27-13-9-20-6-5-12-25-22(20)27/h2-9,12-13,19H,10-11,14-18H2,1H3. The smallest absolute Gasteiger partial charge is 0.255 e. The topological polar surface area (TPSA) is 50.6 Å². The van der Waals surface area contributed by atoms with Crippen molar-refractivity contribution in [2.45, 2.75) is 38.0 Å². The van der Waals surface area contributed by atoms with Gasteiger partial charge in [0.1, 0.15) is 11.8 Å². The number of anilines is 1. The molecule has 0 aliphatic carbocycles. The van der Waals surface area contributed by atoms with Gasteiger partial charge in [-0.05, 0) is 50.1 Å². The highest BCUT2D eigenvalue weighted by Gasteiger charge is 2.45. The van der Waals surface area contributed by atoms with E-state index in [4.69, 9.17) is 4.74 Å². The Morgan fingerprint density at radius 1 is 1.07 bits per heavy atom. The molecular weight excluding hydrogens is 376 g/mol. The highest BCUT2D eigenvalue weighted by Crippen LogP contribution is 2.35. The molecule has 0 saturated carbocycles. The molecule has 5 rings (SSSR count). The van der Waals surface area contributed by atoms with Crippen LogP contribution in [0.25, 0.3) is 11.0 Å². The Labute approximate surface area is 177 Å². The molecule has 2 aromatic heterocycles. The number of nitrogens with zero attached hydrogens (tertiary/aromatic N) is 4. The molecular formula is C24H28N4O2. The van der Waals surface area contributed by atoms with E-state index >= 15 is 0 Å². The number of carbonyl (C=O) groups excluding carboxylic acids is 1. The van der Waals surface area contributed by atoms with Gasteiger partial charge < -0.3 is 19.1 Å². The highest BCUT2D eigenvalue weighted by molar-refractivity contribution is 5.97. The lowest BCUT2D eigenvalue weighted by atomic mass is 9.88. The van der Waals surface area contributed by atoms with Crippen LogP contribution in [0.15, 0.2) is 60.9 Å². The number of likely N-dealkylation sites (tertiary alicyclic amines) is 1. The molecule has 1 aromatic carbocycles. The number of para-hydroxylation sites is 1. The van der Waals surface area contributed by atoms with E-state index in [-0.39, 0.29) is 11.5 Å². The zero-order valence-electron chi connectivity index (χ0n) is 17.4. The van der Waals surface area contributed by atoms with Crippen LogP contribution in [0.1, 0.15) is 19.8 Å². The molecule has 2 saturated heterocycles. The fourth-order valence-corrected chi connectivity index (χ4v) is 4.78. The number of hydrogen-bond acceptors (Lipinski definition) is 4. The second kappa shape index (κ2) is 7.85. The van der Waals surface area contributed by atoms with Crippen molar-refractivity contribution in [2.24, 2.45) is 0 Å². The van der Waals surface area contributed by atoms with Crippen molar-refractivity contribution in [2.75, 3.05) is 31.1 Å². The molecule has 0 radical (unpaired) electrons. The van der Waals surface area contributed by atoms with E-state index in [1.807, 2.05) is 54.4 Å². The molecule has 4 heterocycles. The van der Waals surface area contributed by atoms with E-state index in [2.05, 4.69) is 32.8 Å². The number of benzene rings is 1. The van der Waals surface area contributed by atoms with Crippen LogP contribution in [-0.4, -0.2) is 58.2 Å². The van der Waals surface area contributed by atoms with Crippen LogP contribution >= 0.6 is 0 Å². The molecule has 0 bridgehead atoms. The number of carbonyl (C=O) groups is 1. The minimum Gasteiger partial charge on any atom is -0.360 e. The molecule has 3 aromatic rings. The normalized spacial score (nSPS) is 22.1. The van der Waals surface area contributed by atoms with Crippen LogP contribution < -0.4 is 4.90 Å². The van der Waals surface area contributed by atoms with Crippen LogP contribution in [0.4, 0.5) is 5.69 Å². The molecule has 2 fully saturated rings. The van der Waals surface area contributed by atoms with Gasteiger partial charge in [-0.3, -0.25) is 4.79 Å². The largest absolute Gasteiger partial charge is 0.360 e. The Bertz CT molecular complexity index is 1020. The van der Waals surface area contributed by atoms with Gasteiger partial charge in [-0.25, -0.2) is 4.98 Å². The zero-order valence-corrected chi connectivity index (χ0v) is 17.4. The predicted octanol–water partition coefficient (Wildman–Crippen LogP) is 3.32. The highest BCUT2D eigenvalue weighted by atomic mass is 16.5. The Morgan fingerprint density at radius 2 is 1.87 bits per heavy atom. The molecule has 0 N–H and O–H groups in total. The maximum absolute atomic E-state index is 12.7. The average Bonchev–Trinajstić information content (AvgIpc) is 3.20. The third-order valence-corrected chi connectivity index (χ3v) is 6.50. The molecule has 2 aliphatic rings. The van der Waals surface area contributed by atoms with Gasteiger partial charge in [0.05, 0.1) is 12.1 Å². The SMILES string of the molecule is CC1OC2(CCN(CCn3ccc4cccnc43)CC2)CN(c2ccccc2)C1=O. The first-order valence-electron chi connectivity index (χ1n) is 10.8. The first-order valence-corrected chi connectivity index (χ1v) is 10.8. The van der Waals surface area contributed by atoms with Crippen molar-refractivity contribution in [3.8, 4) is 0 Å². The molecule has 1 atom stereocenters. The lowest BCUT2D eigenvalue weighted by molar-refractivity contribution is -0.161. The predicted molar refractivity (Wildman–Crippen MR) is 117 cm³/mol. The van der Waals surface area contributed by atoms with Gasteiger partial charge >= 0.3 is 0 Å². The minimum absolute atomic E-state index is 0.0567. The summed E-state index contributed by atoms with van der Waals surface area (Å²) in [6.45, 7) is 6.41. The summed E-state index contributed by atoms with van der Waals surface area (Å²) in [5.41, 5.74) is 1.76. The van der Waals surface area contributed by atoms with Gasteiger partial charge in [-0.15, -0.1) is 0 Å². The molecule has 2 aliphatic heterocycles. The van der Waals surface area contributed by atoms with Crippen molar-refractivity contribution in [3.05, 3.63) is 60.9 Å². The molecule has 1 unspecified atom stereocenters. The van der Waals surface area contributed by atoms with E-state index in [0.29, 0.717) is 6.54 Å². The van der Waals surface area contributed by atoms with E-state index in [1.165, 1.54) is 5.39 Å². The van der Waals surface area contributed by atoms with Gasteiger partial charge in [0, 0.05) is 49.6 Å². The Kier molecular flexibility index (Phi) is 5.05. The van der Waals surface area contributed by atoms with E-state index in [0.717, 1.165) is 50.4 Å². The third-order valence-electron chi connectivity index (χ3n) is 6.50. The van der Waals surface area contributed by atoms with Crippen molar-refractivity contribution in [3.63, 3.8) is 0 Å². The number of aromatic nitrogens is 2. The number of pyridine rings is 1. The van der Waals surface area contributed by atoms with Crippen molar-refractivity contribution < 1.29 is 9.53 Å². The Morgan fingerprint density at radius 3 is 2.67 bits per heavy atom. The van der Waals surface area contributed by atoms with E-state index < -0.39 is 6.10 Å². The van der Waals surface area contributed by atoms with Crippen LogP contribution in [0, 0.1) is 0 Å². The first kappa shape index (κ1) is 19.3. The monoisotopic (exact) mass is 404 g/mol. The maximum Gasteiger partial charge on any atom is 0.255 e. The van der Waals surface area contributed by atoms with Gasteiger partial charge in [0.15, 0.2) is 0 Å². The number of rotatable bonds is 4. The van der Waals surface area contributed by atoms with Gasteiger partial charge in [0.25, 0.3) is 5.91 Å². The number of fused-ring (bicyclic) bond motifs is 1. The Hall–Kier alpha value is -2.70. The quantitative estimate of drug-likeness (QED) is 0.669. The molecule has 1 spiro atoms. The summed E-state index contributed by atoms with van der Waals surface area (Å²) in [5.74, 6) is 0.0567. The number of piperidine rings is 1. The summed E-state index contributed by atoms with van der Waals surface area (Å²) >= 11 is 0. The fourth-order valence-electron chi connectivity index (χ4n) is 4.78. The van der Waals surface area contributed by atoms with Gasteiger partial charge in [-0.2, -0.15) is 0 Å². The average molecular weight is 405 g/mol. The first-order chi connectivity index (χ1) is 14.6. The van der Waals surface area contributed by atoms with Gasteiger partial charge in [-0.1, -0.05) is 18.2 Å². The summed E-state index contributed by atoms with van der Waals surface area (Å²) in [7, 11) is 0. The summed E-state index contributed by atoms with van der Waals surface area (Å²) in [6.07, 6.45) is 5.46. The van der Waals surface area contributed by atoms with Crippen molar-refractivity contribution in [1.29, 1.82) is 0 Å². The molecule has 6 heteroatoms. The van der Waals surface area contributed by atoms with Crippen LogP contribution in [0.3, 0.4) is 0 Å². The zero-order chi connectivity index (χ0) is 20.6. The van der Waals surface area contributed by atoms with Crippen LogP contribution in [-0.2, 0) is 16.1 Å². The van der Waals surface area contributed by atoms with E-state index in [1.54, 1.807) is 0 Å². The fraction of sp³-hybridized carbons (Fsp3) is 0.417. The third kappa shape index (κ3) is 3.61. The van der Waals surface area contributed by atoms with Crippen LogP contribution in [0.2, 0.25) is 0 Å². The Balaban J connectivity index is 1.23. The minimum atomic E-state index is -0.400. The molecule has 30 heavy (non-hydrogen) atoms. The van der Waals surface area contributed by atoms with Crippen LogP contribution in [0.5, 0.6) is 0 Å². The lowest BCUT2D eigenvalue weighted by Crippen LogP contribution is -2.61.